The molecule has 0 amide bonds. The maximum absolute atomic E-state index is 14.3. The van der Waals surface area contributed by atoms with Crippen LogP contribution in [0.5, 0.6) is 0 Å². The molecule has 118 valence electrons. The van der Waals surface area contributed by atoms with Crippen LogP contribution in [0.2, 0.25) is 0 Å². The van der Waals surface area contributed by atoms with Crippen molar-refractivity contribution in [3.8, 4) is 0 Å². The lowest BCUT2D eigenvalue weighted by Crippen LogP contribution is -2.45. The van der Waals surface area contributed by atoms with Crippen molar-refractivity contribution in [1.82, 2.24) is 9.80 Å². The number of likely N-dealkylation sites (N-methyl/N-ethyl adjacent to an activating group) is 1. The highest BCUT2D eigenvalue weighted by Crippen LogP contribution is 2.32. The minimum atomic E-state index is -2.74. The Kier molecular flexibility index (Phi) is 4.69. The van der Waals surface area contributed by atoms with Gasteiger partial charge in [-0.1, -0.05) is 25.5 Å². The fourth-order valence-corrected chi connectivity index (χ4v) is 3.29. The van der Waals surface area contributed by atoms with Crippen LogP contribution in [0.15, 0.2) is 29.0 Å². The summed E-state index contributed by atoms with van der Waals surface area (Å²) in [6, 6.07) is 0.162. The van der Waals surface area contributed by atoms with Gasteiger partial charge in [-0.25, -0.2) is 13.8 Å². The van der Waals surface area contributed by atoms with Crippen LogP contribution in [0.1, 0.15) is 39.5 Å². The fraction of sp³-hybridized carbons (Fsp3) is 0.688. The molecule has 1 aliphatic heterocycles. The molecule has 0 aromatic heterocycles. The quantitative estimate of drug-likeness (QED) is 0.775. The Morgan fingerprint density at radius 2 is 1.95 bits per heavy atom. The van der Waals surface area contributed by atoms with E-state index in [4.69, 9.17) is 0 Å². The average molecular weight is 297 g/mol. The highest BCUT2D eigenvalue weighted by Gasteiger charge is 2.42. The Bertz CT molecular complexity index is 462. The summed E-state index contributed by atoms with van der Waals surface area (Å²) in [5.41, 5.74) is 1.41. The van der Waals surface area contributed by atoms with E-state index >= 15 is 0 Å². The summed E-state index contributed by atoms with van der Waals surface area (Å²) in [4.78, 5) is 7.92. The van der Waals surface area contributed by atoms with Gasteiger partial charge in [-0.05, 0) is 26.7 Å². The number of amidine groups is 1. The molecular weight excluding hydrogens is 272 g/mol. The number of allylic oxidation sites excluding steroid dienone is 2. The lowest BCUT2D eigenvalue weighted by Gasteiger charge is -2.32. The highest BCUT2D eigenvalue weighted by atomic mass is 19.3. The van der Waals surface area contributed by atoms with Crippen LogP contribution in [0.3, 0.4) is 0 Å². The Morgan fingerprint density at radius 1 is 1.33 bits per heavy atom. The lowest BCUT2D eigenvalue weighted by atomic mass is 10.1. The molecule has 2 aliphatic rings. The SMILES string of the molecule is C=C(C)N=C1/C(=C\C)N(C)CC(F)(F)CN1C1CCCC1. The van der Waals surface area contributed by atoms with Crippen LogP contribution in [0, 0.1) is 0 Å². The van der Waals surface area contributed by atoms with Crippen molar-refractivity contribution in [2.75, 3.05) is 20.1 Å². The predicted octanol–water partition coefficient (Wildman–Crippen LogP) is 3.65. The third-order valence-corrected chi connectivity index (χ3v) is 4.12. The molecule has 5 heteroatoms. The molecule has 0 aromatic rings. The first kappa shape index (κ1) is 16.0. The van der Waals surface area contributed by atoms with Gasteiger partial charge in [0, 0.05) is 18.8 Å². The molecule has 0 spiro atoms. The second kappa shape index (κ2) is 6.16. The molecule has 1 saturated carbocycles. The number of halogens is 2. The lowest BCUT2D eigenvalue weighted by molar-refractivity contribution is -0.0331. The van der Waals surface area contributed by atoms with Crippen molar-refractivity contribution < 1.29 is 8.78 Å². The van der Waals surface area contributed by atoms with Gasteiger partial charge in [-0.2, -0.15) is 0 Å². The zero-order chi connectivity index (χ0) is 15.6. The smallest absolute Gasteiger partial charge is 0.282 e. The Morgan fingerprint density at radius 3 is 2.48 bits per heavy atom. The Hall–Kier alpha value is -1.39. The second-order valence-corrected chi connectivity index (χ2v) is 6.12. The van der Waals surface area contributed by atoms with Gasteiger partial charge in [0.1, 0.15) is 0 Å². The summed E-state index contributed by atoms with van der Waals surface area (Å²) >= 11 is 0. The largest absolute Gasteiger partial charge is 0.366 e. The predicted molar refractivity (Wildman–Crippen MR) is 82.5 cm³/mol. The van der Waals surface area contributed by atoms with E-state index in [0.717, 1.165) is 31.4 Å². The number of alkyl halides is 2. The summed E-state index contributed by atoms with van der Waals surface area (Å²) in [5, 5.41) is 0. The van der Waals surface area contributed by atoms with Crippen LogP contribution >= 0.6 is 0 Å². The summed E-state index contributed by atoms with van der Waals surface area (Å²) < 4.78 is 28.5. The van der Waals surface area contributed by atoms with E-state index in [0.29, 0.717) is 11.5 Å². The van der Waals surface area contributed by atoms with E-state index in [9.17, 15) is 8.78 Å². The van der Waals surface area contributed by atoms with Crippen LogP contribution in [-0.4, -0.2) is 47.7 Å². The van der Waals surface area contributed by atoms with Gasteiger partial charge in [0.15, 0.2) is 5.84 Å². The fourth-order valence-electron chi connectivity index (χ4n) is 3.29. The van der Waals surface area contributed by atoms with Crippen molar-refractivity contribution in [3.63, 3.8) is 0 Å². The third kappa shape index (κ3) is 3.63. The number of rotatable bonds is 2. The van der Waals surface area contributed by atoms with Gasteiger partial charge in [0.05, 0.1) is 18.8 Å². The zero-order valence-electron chi connectivity index (χ0n) is 13.2. The van der Waals surface area contributed by atoms with Crippen molar-refractivity contribution in [2.45, 2.75) is 51.5 Å². The molecule has 2 rings (SSSR count). The first-order valence-corrected chi connectivity index (χ1v) is 7.60. The van der Waals surface area contributed by atoms with Crippen LogP contribution in [-0.2, 0) is 0 Å². The van der Waals surface area contributed by atoms with E-state index in [1.165, 1.54) is 0 Å². The van der Waals surface area contributed by atoms with Gasteiger partial charge in [-0.3, -0.25) is 0 Å². The van der Waals surface area contributed by atoms with Crippen LogP contribution in [0.25, 0.3) is 0 Å². The van der Waals surface area contributed by atoms with Crippen molar-refractivity contribution >= 4 is 5.84 Å². The topological polar surface area (TPSA) is 18.8 Å². The van der Waals surface area contributed by atoms with Crippen LogP contribution < -0.4 is 0 Å². The maximum atomic E-state index is 14.3. The Labute approximate surface area is 126 Å². The number of hydrogen-bond acceptors (Lipinski definition) is 2. The number of hydrogen-bond donors (Lipinski definition) is 0. The number of nitrogens with zero attached hydrogens (tertiary/aromatic N) is 3. The van der Waals surface area contributed by atoms with Gasteiger partial charge < -0.3 is 9.80 Å². The first-order valence-electron chi connectivity index (χ1n) is 7.60. The molecule has 1 heterocycles. The summed E-state index contributed by atoms with van der Waals surface area (Å²) in [6.07, 6.45) is 6.01. The molecule has 1 aliphatic carbocycles. The molecule has 0 unspecified atom stereocenters. The monoisotopic (exact) mass is 297 g/mol. The van der Waals surface area contributed by atoms with Gasteiger partial charge >= 0.3 is 0 Å². The summed E-state index contributed by atoms with van der Waals surface area (Å²) in [5.74, 6) is -2.09. The summed E-state index contributed by atoms with van der Waals surface area (Å²) in [6.45, 7) is 6.97. The first-order chi connectivity index (χ1) is 9.84. The summed E-state index contributed by atoms with van der Waals surface area (Å²) in [7, 11) is 1.70. The normalized spacial score (nSPS) is 27.5. The van der Waals surface area contributed by atoms with E-state index in [-0.39, 0.29) is 19.1 Å². The average Bonchev–Trinajstić information content (AvgIpc) is 2.85. The zero-order valence-corrected chi connectivity index (χ0v) is 13.2. The molecule has 0 aromatic carbocycles. The van der Waals surface area contributed by atoms with Crippen molar-refractivity contribution in [1.29, 1.82) is 0 Å². The van der Waals surface area contributed by atoms with Gasteiger partial charge in [-0.15, -0.1) is 0 Å². The number of aliphatic imine (C=N–C) groups is 1. The van der Waals surface area contributed by atoms with Crippen molar-refractivity contribution in [2.24, 2.45) is 4.99 Å². The molecule has 0 bridgehead atoms. The third-order valence-electron chi connectivity index (χ3n) is 4.12. The van der Waals surface area contributed by atoms with Crippen molar-refractivity contribution in [3.05, 3.63) is 24.0 Å². The van der Waals surface area contributed by atoms with E-state index in [2.05, 4.69) is 11.6 Å². The molecular formula is C16H25F2N3. The Balaban J connectivity index is 2.46. The maximum Gasteiger partial charge on any atom is 0.282 e. The molecule has 0 N–H and O–H groups in total. The molecule has 21 heavy (non-hydrogen) atoms. The van der Waals surface area contributed by atoms with E-state index in [1.807, 2.05) is 17.9 Å². The molecule has 0 atom stereocenters. The minimum Gasteiger partial charge on any atom is -0.366 e. The van der Waals surface area contributed by atoms with Gasteiger partial charge in [0.2, 0.25) is 0 Å². The highest BCUT2D eigenvalue weighted by molar-refractivity contribution is 5.98. The van der Waals surface area contributed by atoms with Crippen LogP contribution in [0.4, 0.5) is 8.78 Å². The van der Waals surface area contributed by atoms with Gasteiger partial charge in [0.25, 0.3) is 5.92 Å². The second-order valence-electron chi connectivity index (χ2n) is 6.12. The van der Waals surface area contributed by atoms with E-state index in [1.54, 1.807) is 18.9 Å². The molecule has 0 radical (unpaired) electrons. The molecule has 2 fully saturated rings. The van der Waals surface area contributed by atoms with E-state index < -0.39 is 5.92 Å². The molecule has 1 saturated heterocycles. The molecule has 3 nitrogen and oxygen atoms in total. The minimum absolute atomic E-state index is 0.162. The standard InChI is InChI=1S/C16H25F2N3/c1-5-14-15(19-12(2)3)21(13-8-6-7-9-13)11-16(17,18)10-20(14)4/h5,13H,2,6-11H2,1,3-4H3/b14-5+,19-15?.